The summed E-state index contributed by atoms with van der Waals surface area (Å²) >= 11 is 0. The van der Waals surface area contributed by atoms with Crippen LogP contribution in [0.4, 0.5) is 0 Å². The van der Waals surface area contributed by atoms with E-state index in [4.69, 9.17) is 5.11 Å². The van der Waals surface area contributed by atoms with Gasteiger partial charge < -0.3 is 15.3 Å². The summed E-state index contributed by atoms with van der Waals surface area (Å²) < 4.78 is 0. The minimum absolute atomic E-state index is 0.232. The minimum Gasteiger partial charge on any atom is -0.400 e. The quantitative estimate of drug-likeness (QED) is 0.774. The van der Waals surface area contributed by atoms with Crippen molar-refractivity contribution in [3.63, 3.8) is 0 Å². The van der Waals surface area contributed by atoms with Gasteiger partial charge in [0.25, 0.3) is 0 Å². The molecule has 0 amide bonds. The maximum atomic E-state index is 12.4. The third-order valence-corrected chi connectivity index (χ3v) is 3.77. The number of hydrogen-bond acceptors (Lipinski definition) is 5. The summed E-state index contributed by atoms with van der Waals surface area (Å²) in [5.41, 5.74) is 1.58. The first-order chi connectivity index (χ1) is 11.7. The lowest BCUT2D eigenvalue weighted by atomic mass is 9.90. The van der Waals surface area contributed by atoms with E-state index in [1.807, 2.05) is 32.1 Å². The van der Waals surface area contributed by atoms with Crippen LogP contribution in [0.5, 0.6) is 0 Å². The molecule has 0 spiro atoms. The molecule has 2 aliphatic rings. The molecular formula is C19H25NO4. The number of aromatic nitrogens is 1. The van der Waals surface area contributed by atoms with Crippen molar-refractivity contribution in [1.29, 1.82) is 0 Å². The predicted octanol–water partition coefficient (Wildman–Crippen LogP) is 2.37. The molecule has 24 heavy (non-hydrogen) atoms. The first kappa shape index (κ1) is 20.0. The van der Waals surface area contributed by atoms with E-state index in [0.717, 1.165) is 13.5 Å². The van der Waals surface area contributed by atoms with Crippen LogP contribution in [0.1, 0.15) is 42.3 Å². The molecule has 1 aromatic heterocycles. The number of allylic oxidation sites excluding steroid dienone is 4. The van der Waals surface area contributed by atoms with E-state index >= 15 is 0 Å². The Labute approximate surface area is 142 Å². The lowest BCUT2D eigenvalue weighted by molar-refractivity contribution is 0.0374. The highest BCUT2D eigenvalue weighted by atomic mass is 16.3. The predicted molar refractivity (Wildman–Crippen MR) is 93.5 cm³/mol. The molecule has 3 rings (SSSR count). The molecule has 0 aromatic carbocycles. The zero-order valence-corrected chi connectivity index (χ0v) is 14.3. The highest BCUT2D eigenvalue weighted by Gasteiger charge is 2.43. The van der Waals surface area contributed by atoms with Gasteiger partial charge in [0, 0.05) is 30.6 Å². The van der Waals surface area contributed by atoms with E-state index in [0.29, 0.717) is 16.7 Å². The van der Waals surface area contributed by atoms with Crippen LogP contribution in [-0.4, -0.2) is 39.3 Å². The molecule has 0 aliphatic heterocycles. The van der Waals surface area contributed by atoms with Gasteiger partial charge >= 0.3 is 0 Å². The van der Waals surface area contributed by atoms with Gasteiger partial charge in [-0.15, -0.1) is 0 Å². The van der Waals surface area contributed by atoms with E-state index in [1.165, 1.54) is 12.4 Å². The largest absolute Gasteiger partial charge is 0.400 e. The average molecular weight is 331 g/mol. The molecule has 0 bridgehead atoms. The van der Waals surface area contributed by atoms with Crippen LogP contribution < -0.4 is 0 Å². The molecular weight excluding hydrogens is 306 g/mol. The number of rotatable bonds is 2. The standard InChI is InChI=1S/C16H15NO3.C2H6.CH4O/c18-14(10-5-3-1-2-4-6-10)13-15(19)11-7-8-17-9-12(11)16(13)20;2*1-2/h1,3-9,13-14,16,18,20H,2H2;1-2H3;2H,1H3. The van der Waals surface area contributed by atoms with E-state index in [2.05, 4.69) is 4.98 Å². The molecule has 3 unspecified atom stereocenters. The summed E-state index contributed by atoms with van der Waals surface area (Å²) in [5, 5.41) is 27.7. The normalized spacial score (nSPS) is 22.2. The molecule has 1 heterocycles. The molecule has 2 aliphatic carbocycles. The Kier molecular flexibility index (Phi) is 8.26. The third-order valence-electron chi connectivity index (χ3n) is 3.77. The van der Waals surface area contributed by atoms with Crippen molar-refractivity contribution in [3.8, 4) is 0 Å². The van der Waals surface area contributed by atoms with Crippen molar-refractivity contribution >= 4 is 5.78 Å². The van der Waals surface area contributed by atoms with Crippen molar-refractivity contribution in [2.24, 2.45) is 5.92 Å². The Morgan fingerprint density at radius 1 is 1.25 bits per heavy atom. The van der Waals surface area contributed by atoms with Crippen molar-refractivity contribution < 1.29 is 20.1 Å². The van der Waals surface area contributed by atoms with Gasteiger partial charge in [-0.1, -0.05) is 44.2 Å². The number of pyridine rings is 1. The fourth-order valence-electron chi connectivity index (χ4n) is 2.70. The number of nitrogens with zero attached hydrogens (tertiary/aromatic N) is 1. The number of ketones is 1. The van der Waals surface area contributed by atoms with E-state index in [9.17, 15) is 15.0 Å². The Bertz CT molecular complexity index is 634. The maximum absolute atomic E-state index is 12.4. The molecule has 3 N–H and O–H groups in total. The highest BCUT2D eigenvalue weighted by molar-refractivity contribution is 6.03. The zero-order valence-electron chi connectivity index (χ0n) is 14.3. The topological polar surface area (TPSA) is 90.7 Å². The van der Waals surface area contributed by atoms with Crippen LogP contribution in [0.3, 0.4) is 0 Å². The summed E-state index contributed by atoms with van der Waals surface area (Å²) in [5.74, 6) is -1.10. The second-order valence-corrected chi connectivity index (χ2v) is 4.98. The molecule has 1 aromatic rings. The number of Topliss-reactive ketones (excluding diaryl/α,β-unsaturated/α-hetero) is 1. The van der Waals surface area contributed by atoms with Crippen molar-refractivity contribution in [1.82, 2.24) is 4.98 Å². The summed E-state index contributed by atoms with van der Waals surface area (Å²) in [6.07, 6.45) is 11.1. The number of carbonyl (C=O) groups excluding carboxylic acids is 1. The van der Waals surface area contributed by atoms with Crippen LogP contribution in [0.2, 0.25) is 0 Å². The van der Waals surface area contributed by atoms with Crippen LogP contribution in [0, 0.1) is 5.92 Å². The average Bonchev–Trinajstić information content (AvgIpc) is 2.84. The molecule has 0 saturated carbocycles. The van der Waals surface area contributed by atoms with Gasteiger partial charge in [0.2, 0.25) is 0 Å². The summed E-state index contributed by atoms with van der Waals surface area (Å²) in [6.45, 7) is 4.00. The number of carbonyl (C=O) groups is 1. The lowest BCUT2D eigenvalue weighted by Gasteiger charge is -2.21. The smallest absolute Gasteiger partial charge is 0.172 e. The van der Waals surface area contributed by atoms with Gasteiger partial charge in [0.15, 0.2) is 5.78 Å². The van der Waals surface area contributed by atoms with Gasteiger partial charge in [-0.05, 0) is 18.1 Å². The van der Waals surface area contributed by atoms with Gasteiger partial charge in [-0.3, -0.25) is 9.78 Å². The van der Waals surface area contributed by atoms with Gasteiger partial charge in [-0.25, -0.2) is 0 Å². The van der Waals surface area contributed by atoms with Crippen molar-refractivity contribution in [3.05, 3.63) is 65.5 Å². The van der Waals surface area contributed by atoms with Crippen LogP contribution in [0.15, 0.2) is 54.4 Å². The molecule has 130 valence electrons. The Hall–Kier alpha value is -2.08. The first-order valence-electron chi connectivity index (χ1n) is 8.02. The van der Waals surface area contributed by atoms with E-state index in [1.54, 1.807) is 18.2 Å². The van der Waals surface area contributed by atoms with Crippen molar-refractivity contribution in [2.75, 3.05) is 7.11 Å². The molecule has 0 radical (unpaired) electrons. The number of fused-ring (bicyclic) bond motifs is 1. The molecule has 0 saturated heterocycles. The maximum Gasteiger partial charge on any atom is 0.172 e. The lowest BCUT2D eigenvalue weighted by Crippen LogP contribution is -2.29. The van der Waals surface area contributed by atoms with Crippen LogP contribution >= 0.6 is 0 Å². The second-order valence-electron chi connectivity index (χ2n) is 4.98. The Balaban J connectivity index is 0.000000671. The Morgan fingerprint density at radius 3 is 2.62 bits per heavy atom. The number of hydrogen-bond donors (Lipinski definition) is 3. The SMILES string of the molecule is CC.CO.O=C1c2ccncc2C(O)C1C(O)C1=CC=CCC=C1. The zero-order chi connectivity index (χ0) is 18.1. The Morgan fingerprint density at radius 2 is 1.96 bits per heavy atom. The molecule has 0 fully saturated rings. The summed E-state index contributed by atoms with van der Waals surface area (Å²) in [6, 6.07) is 1.59. The number of aliphatic hydroxyl groups excluding tert-OH is 3. The molecule has 3 atom stereocenters. The van der Waals surface area contributed by atoms with Gasteiger partial charge in [-0.2, -0.15) is 0 Å². The van der Waals surface area contributed by atoms with Crippen LogP contribution in [-0.2, 0) is 0 Å². The molecule has 5 heteroatoms. The monoisotopic (exact) mass is 331 g/mol. The van der Waals surface area contributed by atoms with E-state index < -0.39 is 18.1 Å². The summed E-state index contributed by atoms with van der Waals surface area (Å²) in [7, 11) is 1.00. The highest BCUT2D eigenvalue weighted by Crippen LogP contribution is 2.39. The first-order valence-corrected chi connectivity index (χ1v) is 8.02. The number of aliphatic hydroxyl groups is 3. The third kappa shape index (κ3) is 4.06. The second kappa shape index (κ2) is 9.93. The fraction of sp³-hybridized carbons (Fsp3) is 0.368. The van der Waals surface area contributed by atoms with Crippen molar-refractivity contribution in [2.45, 2.75) is 32.5 Å². The van der Waals surface area contributed by atoms with Gasteiger partial charge in [0.1, 0.15) is 0 Å². The van der Waals surface area contributed by atoms with E-state index in [-0.39, 0.29) is 5.78 Å². The van der Waals surface area contributed by atoms with Crippen LogP contribution in [0.25, 0.3) is 0 Å². The minimum atomic E-state index is -1.02. The summed E-state index contributed by atoms with van der Waals surface area (Å²) in [4.78, 5) is 16.3. The van der Waals surface area contributed by atoms with Gasteiger partial charge in [0.05, 0.1) is 18.1 Å². The fourth-order valence-corrected chi connectivity index (χ4v) is 2.70. The molecule has 5 nitrogen and oxygen atoms in total.